The second-order valence-corrected chi connectivity index (χ2v) is 11.7. The molecule has 0 amide bonds. The Morgan fingerprint density at radius 3 is 1.76 bits per heavy atom. The number of furan rings is 1. The number of hydrogen-bond donors (Lipinski definition) is 0. The fourth-order valence-corrected chi connectivity index (χ4v) is 6.86. The van der Waals surface area contributed by atoms with Crippen LogP contribution in [0.3, 0.4) is 0 Å². The minimum absolute atomic E-state index is 0.867. The second-order valence-electron chi connectivity index (χ2n) is 11.7. The molecule has 0 N–H and O–H groups in total. The highest BCUT2D eigenvalue weighted by Gasteiger charge is 2.20. The van der Waals surface area contributed by atoms with E-state index in [-0.39, 0.29) is 0 Å². The van der Waals surface area contributed by atoms with Gasteiger partial charge in [-0.25, -0.2) is 0 Å². The molecule has 8 aromatic carbocycles. The Kier molecular flexibility index (Phi) is 6.17. The molecule has 0 bridgehead atoms. The summed E-state index contributed by atoms with van der Waals surface area (Å²) in [5.41, 5.74) is 9.71. The summed E-state index contributed by atoms with van der Waals surface area (Å²) in [6.07, 6.45) is 0. The molecule has 2 heteroatoms. The zero-order valence-corrected chi connectivity index (χ0v) is 25.1. The predicted molar refractivity (Wildman–Crippen MR) is 194 cm³/mol. The van der Waals surface area contributed by atoms with E-state index in [1.54, 1.807) is 0 Å². The second kappa shape index (κ2) is 10.8. The maximum Gasteiger partial charge on any atom is 0.143 e. The van der Waals surface area contributed by atoms with Crippen molar-refractivity contribution in [3.05, 3.63) is 176 Å². The molecule has 9 aromatic rings. The summed E-state index contributed by atoms with van der Waals surface area (Å²) in [4.78, 5) is 2.35. The molecule has 0 aliphatic rings. The molecule has 0 spiro atoms. The van der Waals surface area contributed by atoms with Gasteiger partial charge in [0.2, 0.25) is 0 Å². The van der Waals surface area contributed by atoms with Crippen molar-refractivity contribution in [3.63, 3.8) is 0 Å². The molecule has 0 aliphatic carbocycles. The quantitative estimate of drug-likeness (QED) is 0.199. The van der Waals surface area contributed by atoms with Crippen LogP contribution in [-0.2, 0) is 0 Å². The van der Waals surface area contributed by atoms with Crippen LogP contribution in [0.25, 0.3) is 65.7 Å². The van der Waals surface area contributed by atoms with Crippen LogP contribution in [0, 0.1) is 0 Å². The van der Waals surface area contributed by atoms with Crippen molar-refractivity contribution < 1.29 is 4.42 Å². The topological polar surface area (TPSA) is 16.4 Å². The minimum Gasteiger partial charge on any atom is -0.455 e. The average Bonchev–Trinajstić information content (AvgIpc) is 3.49. The van der Waals surface area contributed by atoms with Gasteiger partial charge in [-0.3, -0.25) is 0 Å². The van der Waals surface area contributed by atoms with Crippen molar-refractivity contribution in [1.82, 2.24) is 0 Å². The number of rotatable bonds is 5. The summed E-state index contributed by atoms with van der Waals surface area (Å²) < 4.78 is 6.85. The lowest BCUT2D eigenvalue weighted by Crippen LogP contribution is -2.10. The Morgan fingerprint density at radius 2 is 0.978 bits per heavy atom. The number of benzene rings is 8. The minimum atomic E-state index is 0.867. The van der Waals surface area contributed by atoms with Crippen LogP contribution in [0.5, 0.6) is 0 Å². The van der Waals surface area contributed by atoms with E-state index >= 15 is 0 Å². The maximum absolute atomic E-state index is 6.85. The van der Waals surface area contributed by atoms with Gasteiger partial charge in [0.15, 0.2) is 0 Å². The molecule has 1 heterocycles. The largest absolute Gasteiger partial charge is 0.455 e. The van der Waals surface area contributed by atoms with Crippen molar-refractivity contribution in [2.45, 2.75) is 0 Å². The van der Waals surface area contributed by atoms with Gasteiger partial charge in [-0.1, -0.05) is 133 Å². The summed E-state index contributed by atoms with van der Waals surface area (Å²) in [5.74, 6) is 0. The van der Waals surface area contributed by atoms with Crippen LogP contribution in [0.1, 0.15) is 0 Å². The first-order valence-electron chi connectivity index (χ1n) is 15.7. The summed E-state index contributed by atoms with van der Waals surface area (Å²) >= 11 is 0. The molecule has 46 heavy (non-hydrogen) atoms. The molecule has 9 rings (SSSR count). The molecule has 0 aliphatic heterocycles. The summed E-state index contributed by atoms with van der Waals surface area (Å²) in [6, 6.07) is 62.6. The van der Waals surface area contributed by atoms with Crippen LogP contribution in [0.4, 0.5) is 17.1 Å². The van der Waals surface area contributed by atoms with E-state index in [1.165, 1.54) is 32.7 Å². The Balaban J connectivity index is 1.27. The van der Waals surface area contributed by atoms with Gasteiger partial charge < -0.3 is 9.32 Å². The van der Waals surface area contributed by atoms with Gasteiger partial charge in [0.1, 0.15) is 11.2 Å². The summed E-state index contributed by atoms with van der Waals surface area (Å²) in [5, 5.41) is 7.03. The van der Waals surface area contributed by atoms with E-state index in [2.05, 4.69) is 181 Å². The Bertz CT molecular complexity index is 2510. The van der Waals surface area contributed by atoms with Gasteiger partial charge in [-0.05, 0) is 69.2 Å². The Hall–Kier alpha value is -6.12. The number of hydrogen-bond acceptors (Lipinski definition) is 2. The van der Waals surface area contributed by atoms with E-state index in [9.17, 15) is 0 Å². The average molecular weight is 588 g/mol. The normalized spacial score (nSPS) is 11.5. The van der Waals surface area contributed by atoms with Crippen molar-refractivity contribution in [3.8, 4) is 22.3 Å². The number of nitrogens with zero attached hydrogens (tertiary/aromatic N) is 1. The molecule has 216 valence electrons. The van der Waals surface area contributed by atoms with Crippen LogP contribution < -0.4 is 4.90 Å². The van der Waals surface area contributed by atoms with Crippen molar-refractivity contribution in [2.75, 3.05) is 4.90 Å². The third-order valence-corrected chi connectivity index (χ3v) is 9.03. The molecule has 0 fully saturated rings. The van der Waals surface area contributed by atoms with E-state index in [0.29, 0.717) is 0 Å². The van der Waals surface area contributed by atoms with Gasteiger partial charge in [-0.15, -0.1) is 0 Å². The molecular formula is C44H29NO. The highest BCUT2D eigenvalue weighted by atomic mass is 16.3. The van der Waals surface area contributed by atoms with Gasteiger partial charge >= 0.3 is 0 Å². The van der Waals surface area contributed by atoms with Crippen LogP contribution >= 0.6 is 0 Å². The molecule has 0 atom stereocenters. The maximum atomic E-state index is 6.85. The Labute approximate surface area is 267 Å². The zero-order valence-electron chi connectivity index (χ0n) is 25.1. The standard InChI is InChI=1S/C44H29NO/c1-3-12-30(13-4-1)31-22-24-35(25-23-31)45(41-21-11-18-32-14-7-9-19-37(32)41)36-26-27-39-40-28-34-17-8-10-20-38(34)43(33-15-5-2-6-16-33)44(40)46-42(39)29-36/h1-29H. The number of fused-ring (bicyclic) bond motifs is 5. The summed E-state index contributed by atoms with van der Waals surface area (Å²) in [6.45, 7) is 0. The lowest BCUT2D eigenvalue weighted by atomic mass is 9.95. The molecule has 0 unspecified atom stereocenters. The fourth-order valence-electron chi connectivity index (χ4n) is 6.86. The molecular weight excluding hydrogens is 558 g/mol. The third-order valence-electron chi connectivity index (χ3n) is 9.03. The summed E-state index contributed by atoms with van der Waals surface area (Å²) in [7, 11) is 0. The van der Waals surface area contributed by atoms with Crippen molar-refractivity contribution in [2.24, 2.45) is 0 Å². The number of anilines is 3. The first-order valence-corrected chi connectivity index (χ1v) is 15.7. The van der Waals surface area contributed by atoms with Crippen molar-refractivity contribution in [1.29, 1.82) is 0 Å². The monoisotopic (exact) mass is 587 g/mol. The lowest BCUT2D eigenvalue weighted by Gasteiger charge is -2.27. The van der Waals surface area contributed by atoms with Gasteiger partial charge in [-0.2, -0.15) is 0 Å². The van der Waals surface area contributed by atoms with E-state index in [4.69, 9.17) is 4.42 Å². The highest BCUT2D eigenvalue weighted by molar-refractivity contribution is 6.18. The van der Waals surface area contributed by atoms with Crippen LogP contribution in [0.2, 0.25) is 0 Å². The van der Waals surface area contributed by atoms with E-state index in [1.807, 2.05) is 0 Å². The molecule has 0 radical (unpaired) electrons. The molecule has 0 saturated heterocycles. The zero-order chi connectivity index (χ0) is 30.5. The van der Waals surface area contributed by atoms with E-state index in [0.717, 1.165) is 50.1 Å². The van der Waals surface area contributed by atoms with Gasteiger partial charge in [0.25, 0.3) is 0 Å². The Morgan fingerprint density at radius 1 is 0.370 bits per heavy atom. The first kappa shape index (κ1) is 26.3. The highest BCUT2D eigenvalue weighted by Crippen LogP contribution is 2.44. The third kappa shape index (κ3) is 4.35. The van der Waals surface area contributed by atoms with Gasteiger partial charge in [0, 0.05) is 39.2 Å². The SMILES string of the molecule is c1ccc(-c2ccc(N(c3ccc4c(c3)oc3c(-c5ccccc5)c5ccccc5cc34)c3cccc4ccccc34)cc2)cc1. The van der Waals surface area contributed by atoms with E-state index < -0.39 is 0 Å². The van der Waals surface area contributed by atoms with Crippen LogP contribution in [-0.4, -0.2) is 0 Å². The first-order chi connectivity index (χ1) is 22.8. The lowest BCUT2D eigenvalue weighted by molar-refractivity contribution is 0.670. The smallest absolute Gasteiger partial charge is 0.143 e. The molecule has 1 aromatic heterocycles. The van der Waals surface area contributed by atoms with Crippen LogP contribution in [0.15, 0.2) is 180 Å². The molecule has 0 saturated carbocycles. The fraction of sp³-hybridized carbons (Fsp3) is 0. The van der Waals surface area contributed by atoms with Gasteiger partial charge in [0.05, 0.1) is 5.69 Å². The molecule has 2 nitrogen and oxygen atoms in total. The predicted octanol–water partition coefficient (Wildman–Crippen LogP) is 12.7. The van der Waals surface area contributed by atoms with Crippen molar-refractivity contribution >= 4 is 60.5 Å².